The van der Waals surface area contributed by atoms with Gasteiger partial charge in [-0.15, -0.1) is 13.2 Å². The Labute approximate surface area is 226 Å². The summed E-state index contributed by atoms with van der Waals surface area (Å²) < 4.78 is 41.9. The summed E-state index contributed by atoms with van der Waals surface area (Å²) in [5, 5.41) is 4.86. The predicted octanol–water partition coefficient (Wildman–Crippen LogP) is 2.63. The van der Waals surface area contributed by atoms with Gasteiger partial charge in [0.05, 0.1) is 16.7 Å². The third-order valence-electron chi connectivity index (χ3n) is 7.31. The van der Waals surface area contributed by atoms with Gasteiger partial charge < -0.3 is 15.0 Å². The maximum absolute atomic E-state index is 13.1. The SMILES string of the molecule is O=C1CCC(N2C(=O)c3ccc(N4CCC(CNC(=O)c5ccccc5OC(F)(F)F)CC4)cc3C2=O)C(=O)N1. The van der Waals surface area contributed by atoms with Crippen molar-refractivity contribution in [3.8, 4) is 5.75 Å². The Morgan fingerprint density at radius 2 is 1.68 bits per heavy atom. The quantitative estimate of drug-likeness (QED) is 0.523. The maximum atomic E-state index is 13.1. The van der Waals surface area contributed by atoms with Crippen molar-refractivity contribution in [1.29, 1.82) is 0 Å². The Hall–Kier alpha value is -4.42. The molecule has 13 heteroatoms. The van der Waals surface area contributed by atoms with E-state index in [-0.39, 0.29) is 42.0 Å². The van der Waals surface area contributed by atoms with Crippen LogP contribution in [-0.4, -0.2) is 66.5 Å². The van der Waals surface area contributed by atoms with Crippen molar-refractivity contribution in [1.82, 2.24) is 15.5 Å². The molecule has 2 aromatic rings. The number of carbonyl (C=O) groups is 5. The minimum absolute atomic E-state index is 0.0400. The standard InChI is InChI=1S/C27H25F3N4O6/c28-27(29,30)40-21-4-2-1-3-18(21)23(36)31-14-15-9-11-33(12-10-15)16-5-6-17-19(13-16)26(39)34(25(17)38)20-7-8-22(35)32-24(20)37/h1-6,13,15,20H,7-12,14H2,(H,31,36)(H,32,35,37). The number of halogens is 3. The normalized spacial score (nSPS) is 19.9. The van der Waals surface area contributed by atoms with Gasteiger partial charge in [0.15, 0.2) is 0 Å². The van der Waals surface area contributed by atoms with Crippen LogP contribution in [0.1, 0.15) is 56.8 Å². The van der Waals surface area contributed by atoms with E-state index in [2.05, 4.69) is 15.4 Å². The molecular weight excluding hydrogens is 533 g/mol. The number of nitrogens with zero attached hydrogens (tertiary/aromatic N) is 2. The molecule has 1 atom stereocenters. The number of piperidine rings is 2. The number of benzene rings is 2. The van der Waals surface area contributed by atoms with Crippen LogP contribution in [-0.2, 0) is 9.59 Å². The summed E-state index contributed by atoms with van der Waals surface area (Å²) in [5.41, 5.74) is 0.916. The minimum atomic E-state index is -4.91. The first kappa shape index (κ1) is 27.2. The van der Waals surface area contributed by atoms with Gasteiger partial charge in [-0.25, -0.2) is 0 Å². The Kier molecular flexibility index (Phi) is 7.21. The molecule has 2 N–H and O–H groups in total. The van der Waals surface area contributed by atoms with E-state index in [1.165, 1.54) is 18.2 Å². The van der Waals surface area contributed by atoms with Crippen molar-refractivity contribution >= 4 is 35.2 Å². The zero-order chi connectivity index (χ0) is 28.6. The summed E-state index contributed by atoms with van der Waals surface area (Å²) in [5.74, 6) is -3.41. The molecule has 0 spiro atoms. The summed E-state index contributed by atoms with van der Waals surface area (Å²) in [6, 6.07) is 9.03. The third-order valence-corrected chi connectivity index (χ3v) is 7.31. The van der Waals surface area contributed by atoms with E-state index >= 15 is 0 Å². The van der Waals surface area contributed by atoms with Gasteiger partial charge in [-0.2, -0.15) is 0 Å². The number of hydrogen-bond acceptors (Lipinski definition) is 7. The molecule has 3 heterocycles. The number of anilines is 1. The molecule has 3 aliphatic heterocycles. The summed E-state index contributed by atoms with van der Waals surface area (Å²) >= 11 is 0. The fourth-order valence-corrected chi connectivity index (χ4v) is 5.25. The van der Waals surface area contributed by atoms with Gasteiger partial charge in [-0.05, 0) is 55.5 Å². The van der Waals surface area contributed by atoms with Crippen LogP contribution in [0.2, 0.25) is 0 Å². The van der Waals surface area contributed by atoms with Gasteiger partial charge in [0.2, 0.25) is 11.8 Å². The molecule has 2 fully saturated rings. The maximum Gasteiger partial charge on any atom is 0.573 e. The summed E-state index contributed by atoms with van der Waals surface area (Å²) in [4.78, 5) is 65.2. The molecule has 5 amide bonds. The molecule has 2 aromatic carbocycles. The van der Waals surface area contributed by atoms with Crippen LogP contribution >= 0.6 is 0 Å². The molecule has 2 saturated heterocycles. The van der Waals surface area contributed by atoms with Crippen molar-refractivity contribution in [2.45, 2.75) is 38.1 Å². The van der Waals surface area contributed by atoms with Crippen molar-refractivity contribution in [3.63, 3.8) is 0 Å². The summed E-state index contributed by atoms with van der Waals surface area (Å²) in [6.07, 6.45) is -3.45. The van der Waals surface area contributed by atoms with Crippen LogP contribution in [0.3, 0.4) is 0 Å². The first-order chi connectivity index (χ1) is 19.0. The number of nitrogens with one attached hydrogen (secondary N) is 2. The topological polar surface area (TPSA) is 125 Å². The number of carbonyl (C=O) groups excluding carboxylic acids is 5. The van der Waals surface area contributed by atoms with E-state index in [1.54, 1.807) is 18.2 Å². The molecule has 3 aliphatic rings. The highest BCUT2D eigenvalue weighted by Crippen LogP contribution is 2.32. The fourth-order valence-electron chi connectivity index (χ4n) is 5.25. The van der Waals surface area contributed by atoms with Gasteiger partial charge in [0.1, 0.15) is 11.8 Å². The predicted molar refractivity (Wildman–Crippen MR) is 134 cm³/mol. The second-order valence-electron chi connectivity index (χ2n) is 9.86. The van der Waals surface area contributed by atoms with Crippen molar-refractivity contribution < 1.29 is 41.9 Å². The molecule has 10 nitrogen and oxygen atoms in total. The Balaban J connectivity index is 1.18. The lowest BCUT2D eigenvalue weighted by molar-refractivity contribution is -0.274. The molecule has 1 unspecified atom stereocenters. The van der Waals surface area contributed by atoms with E-state index in [0.717, 1.165) is 16.7 Å². The van der Waals surface area contributed by atoms with Crippen LogP contribution in [0, 0.1) is 5.92 Å². The van der Waals surface area contributed by atoms with E-state index in [4.69, 9.17) is 0 Å². The molecule has 40 heavy (non-hydrogen) atoms. The second kappa shape index (κ2) is 10.6. The lowest BCUT2D eigenvalue weighted by Gasteiger charge is -2.34. The van der Waals surface area contributed by atoms with E-state index in [9.17, 15) is 37.1 Å². The Morgan fingerprint density at radius 3 is 2.38 bits per heavy atom. The highest BCUT2D eigenvalue weighted by molar-refractivity contribution is 6.23. The monoisotopic (exact) mass is 558 g/mol. The number of fused-ring (bicyclic) bond motifs is 1. The molecule has 0 radical (unpaired) electrons. The zero-order valence-corrected chi connectivity index (χ0v) is 21.1. The number of ether oxygens (including phenoxy) is 1. The van der Waals surface area contributed by atoms with E-state index in [1.807, 2.05) is 4.90 Å². The van der Waals surface area contributed by atoms with Crippen molar-refractivity contribution in [2.75, 3.05) is 24.5 Å². The second-order valence-corrected chi connectivity index (χ2v) is 9.86. The smallest absolute Gasteiger partial charge is 0.405 e. The number of amides is 5. The minimum Gasteiger partial charge on any atom is -0.405 e. The lowest BCUT2D eigenvalue weighted by atomic mass is 9.95. The average Bonchev–Trinajstić information content (AvgIpc) is 3.16. The van der Waals surface area contributed by atoms with E-state index in [0.29, 0.717) is 25.9 Å². The van der Waals surface area contributed by atoms with Crippen molar-refractivity contribution in [3.05, 3.63) is 59.2 Å². The molecule has 0 aromatic heterocycles. The first-order valence-electron chi connectivity index (χ1n) is 12.8. The average molecular weight is 559 g/mol. The van der Waals surface area contributed by atoms with Crippen molar-refractivity contribution in [2.24, 2.45) is 5.92 Å². The van der Waals surface area contributed by atoms with Gasteiger partial charge >= 0.3 is 6.36 Å². The largest absolute Gasteiger partial charge is 0.573 e. The van der Waals surface area contributed by atoms with Gasteiger partial charge in [-0.1, -0.05) is 12.1 Å². The molecule has 0 aliphatic carbocycles. The van der Waals surface area contributed by atoms with Crippen LogP contribution < -0.4 is 20.3 Å². The Morgan fingerprint density at radius 1 is 0.975 bits per heavy atom. The molecule has 0 bridgehead atoms. The first-order valence-corrected chi connectivity index (χ1v) is 12.8. The van der Waals surface area contributed by atoms with Gasteiger partial charge in [0, 0.05) is 31.7 Å². The van der Waals surface area contributed by atoms with Gasteiger partial charge in [-0.3, -0.25) is 34.2 Å². The van der Waals surface area contributed by atoms with Crippen LogP contribution in [0.5, 0.6) is 5.75 Å². The highest BCUT2D eigenvalue weighted by Gasteiger charge is 2.44. The number of para-hydroxylation sites is 1. The van der Waals surface area contributed by atoms with Crippen LogP contribution in [0.15, 0.2) is 42.5 Å². The fraction of sp³-hybridized carbons (Fsp3) is 0.370. The number of rotatable bonds is 6. The highest BCUT2D eigenvalue weighted by atomic mass is 19.4. The number of alkyl halides is 3. The van der Waals surface area contributed by atoms with Gasteiger partial charge in [0.25, 0.3) is 17.7 Å². The number of imide groups is 2. The number of hydrogen-bond donors (Lipinski definition) is 2. The molecular formula is C27H25F3N4O6. The summed E-state index contributed by atoms with van der Waals surface area (Å²) in [6.45, 7) is 1.45. The third kappa shape index (κ3) is 5.49. The summed E-state index contributed by atoms with van der Waals surface area (Å²) in [7, 11) is 0. The Bertz CT molecular complexity index is 1390. The van der Waals surface area contributed by atoms with Crippen LogP contribution in [0.25, 0.3) is 0 Å². The van der Waals surface area contributed by atoms with E-state index < -0.39 is 47.7 Å². The molecule has 210 valence electrons. The molecule has 0 saturated carbocycles. The van der Waals surface area contributed by atoms with Crippen LogP contribution in [0.4, 0.5) is 18.9 Å². The zero-order valence-electron chi connectivity index (χ0n) is 21.1. The lowest BCUT2D eigenvalue weighted by Crippen LogP contribution is -2.54. The molecule has 5 rings (SSSR count).